The maximum absolute atomic E-state index is 14.7. The van der Waals surface area contributed by atoms with Crippen molar-refractivity contribution in [2.75, 3.05) is 43.7 Å². The third-order valence-electron chi connectivity index (χ3n) is 4.13. The van der Waals surface area contributed by atoms with Crippen LogP contribution in [0.2, 0.25) is 0 Å². The smallest absolute Gasteiger partial charge is 0.326 e. The summed E-state index contributed by atoms with van der Waals surface area (Å²) in [6.07, 6.45) is 0.722. The molecular weight excluding hydrogens is 503 g/mol. The number of carbonyl (C=O) groups excluding carboxylic acids is 1. The number of aliphatic carboxylic acids is 2. The lowest BCUT2D eigenvalue weighted by Gasteiger charge is -2.24. The molecule has 0 aliphatic heterocycles. The Balaban J connectivity index is 3.02. The van der Waals surface area contributed by atoms with Crippen LogP contribution in [0.4, 0.5) is 10.1 Å². The molecule has 1 atom stereocenters. The lowest BCUT2D eigenvalue weighted by molar-refractivity contribution is -0.140. The summed E-state index contributed by atoms with van der Waals surface area (Å²) in [7, 11) is -7.53. The van der Waals surface area contributed by atoms with Gasteiger partial charge in [-0.3, -0.25) is 18.0 Å². The number of amides is 1. The average molecular weight is 529 g/mol. The highest BCUT2D eigenvalue weighted by molar-refractivity contribution is 7.86. The first kappa shape index (κ1) is 29.2. The monoisotopic (exact) mass is 528 g/mol. The fourth-order valence-electron chi connectivity index (χ4n) is 2.61. The third-order valence-corrected chi connectivity index (χ3v) is 5.32. The van der Waals surface area contributed by atoms with Gasteiger partial charge in [-0.15, -0.1) is 0 Å². The van der Waals surface area contributed by atoms with Crippen LogP contribution in [0.25, 0.3) is 0 Å². The Morgan fingerprint density at radius 3 is 1.97 bits per heavy atom. The van der Waals surface area contributed by atoms with Crippen molar-refractivity contribution >= 4 is 43.8 Å². The average Bonchev–Trinajstić information content (AvgIpc) is 2.67. The number of rotatable bonds is 15. The first-order valence-electron chi connectivity index (χ1n) is 9.58. The third kappa shape index (κ3) is 11.4. The molecule has 0 heterocycles. The molecule has 1 aromatic carbocycles. The molecule has 3 N–H and O–H groups in total. The molecule has 0 aromatic heterocycles. The van der Waals surface area contributed by atoms with E-state index in [1.165, 1.54) is 11.0 Å². The van der Waals surface area contributed by atoms with E-state index in [4.69, 9.17) is 10.2 Å². The van der Waals surface area contributed by atoms with Crippen LogP contribution in [0.5, 0.6) is 0 Å². The Bertz CT molecular complexity index is 1070. The van der Waals surface area contributed by atoms with Crippen molar-refractivity contribution in [1.29, 1.82) is 0 Å². The lowest BCUT2D eigenvalue weighted by atomic mass is 10.1. The summed E-state index contributed by atoms with van der Waals surface area (Å²) in [5.74, 6) is -4.91. The molecule has 34 heavy (non-hydrogen) atoms. The highest BCUT2D eigenvalue weighted by Crippen LogP contribution is 2.19. The molecule has 0 saturated heterocycles. The van der Waals surface area contributed by atoms with Crippen LogP contribution in [0, 0.1) is 5.82 Å². The van der Waals surface area contributed by atoms with Crippen molar-refractivity contribution in [2.24, 2.45) is 0 Å². The Morgan fingerprint density at radius 1 is 1.03 bits per heavy atom. The van der Waals surface area contributed by atoms with E-state index in [0.717, 1.165) is 24.6 Å². The van der Waals surface area contributed by atoms with Crippen LogP contribution in [-0.2, 0) is 38.2 Å². The predicted molar refractivity (Wildman–Crippen MR) is 116 cm³/mol. The molecule has 0 spiro atoms. The predicted octanol–water partition coefficient (Wildman–Crippen LogP) is -0.368. The summed E-state index contributed by atoms with van der Waals surface area (Å²) >= 11 is 0. The minimum Gasteiger partial charge on any atom is -0.481 e. The summed E-state index contributed by atoms with van der Waals surface area (Å²) in [6, 6.07) is 1.66. The van der Waals surface area contributed by atoms with E-state index < -0.39 is 68.3 Å². The largest absolute Gasteiger partial charge is 0.481 e. The number of hydrogen-bond acceptors (Lipinski definition) is 10. The van der Waals surface area contributed by atoms with Gasteiger partial charge in [0.25, 0.3) is 26.1 Å². The maximum atomic E-state index is 14.7. The molecule has 0 bridgehead atoms. The van der Waals surface area contributed by atoms with Gasteiger partial charge in [0.15, 0.2) is 0 Å². The van der Waals surface area contributed by atoms with Gasteiger partial charge < -0.3 is 20.4 Å². The molecule has 13 nitrogen and oxygen atoms in total. The van der Waals surface area contributed by atoms with E-state index in [-0.39, 0.29) is 32.0 Å². The Labute approximate surface area is 195 Å². The summed E-state index contributed by atoms with van der Waals surface area (Å²) in [5, 5.41) is 19.9. The van der Waals surface area contributed by atoms with Crippen LogP contribution < -0.4 is 10.2 Å². The van der Waals surface area contributed by atoms with Gasteiger partial charge in [0, 0.05) is 25.2 Å². The molecule has 1 rings (SSSR count). The first-order chi connectivity index (χ1) is 15.6. The van der Waals surface area contributed by atoms with Gasteiger partial charge in [-0.2, -0.15) is 16.8 Å². The second kappa shape index (κ2) is 12.6. The van der Waals surface area contributed by atoms with E-state index in [2.05, 4.69) is 13.7 Å². The van der Waals surface area contributed by atoms with Crippen LogP contribution in [0.1, 0.15) is 23.2 Å². The Morgan fingerprint density at radius 2 is 1.56 bits per heavy atom. The number of nitrogens with one attached hydrogen (secondary N) is 1. The molecule has 0 unspecified atom stereocenters. The van der Waals surface area contributed by atoms with Gasteiger partial charge in [-0.1, -0.05) is 0 Å². The zero-order valence-electron chi connectivity index (χ0n) is 18.3. The molecule has 0 aliphatic carbocycles. The van der Waals surface area contributed by atoms with Crippen LogP contribution in [-0.4, -0.2) is 89.8 Å². The second-order valence-corrected chi connectivity index (χ2v) is 10.3. The molecule has 0 aliphatic rings. The molecule has 1 aromatic rings. The highest BCUT2D eigenvalue weighted by Gasteiger charge is 2.23. The molecule has 0 saturated carbocycles. The summed E-state index contributed by atoms with van der Waals surface area (Å²) in [6.45, 7) is -0.903. The number of carbonyl (C=O) groups is 3. The normalized spacial score (nSPS) is 12.7. The number of nitrogens with zero attached hydrogens (tertiary/aromatic N) is 1. The number of halogens is 1. The van der Waals surface area contributed by atoms with E-state index in [0.29, 0.717) is 0 Å². The number of hydrogen-bond donors (Lipinski definition) is 3. The van der Waals surface area contributed by atoms with Gasteiger partial charge in [0.05, 0.1) is 31.3 Å². The quantitative estimate of drug-likeness (QED) is 0.250. The summed E-state index contributed by atoms with van der Waals surface area (Å²) in [4.78, 5) is 35.6. The summed E-state index contributed by atoms with van der Waals surface area (Å²) < 4.78 is 68.6. The minimum absolute atomic E-state index is 0.110. The van der Waals surface area contributed by atoms with Crippen molar-refractivity contribution in [2.45, 2.75) is 18.9 Å². The standard InChI is InChI=1S/C18H25FN2O11S2/c1-33(27,28)31-9-7-21(8-10-32-34(2,29)30)12-3-4-13(14(19)11-12)17(24)20-15(18(25)26)5-6-16(22)23/h3-4,11,15H,5-10H2,1-2H3,(H,20,24)(H,22,23)(H,25,26)/t15-/m0/s1. The Hall–Kier alpha value is -2.82. The molecule has 0 fully saturated rings. The van der Waals surface area contributed by atoms with E-state index >= 15 is 0 Å². The van der Waals surface area contributed by atoms with Crippen LogP contribution in [0.15, 0.2) is 18.2 Å². The van der Waals surface area contributed by atoms with Gasteiger partial charge in [-0.05, 0) is 24.6 Å². The minimum atomic E-state index is -3.77. The lowest BCUT2D eigenvalue weighted by Crippen LogP contribution is -2.41. The number of anilines is 1. The number of benzene rings is 1. The van der Waals surface area contributed by atoms with E-state index in [1.54, 1.807) is 0 Å². The van der Waals surface area contributed by atoms with Gasteiger partial charge >= 0.3 is 11.9 Å². The van der Waals surface area contributed by atoms with Crippen molar-refractivity contribution in [3.63, 3.8) is 0 Å². The fourth-order valence-corrected chi connectivity index (χ4v) is 3.37. The maximum Gasteiger partial charge on any atom is 0.326 e. The van der Waals surface area contributed by atoms with Crippen LogP contribution in [0.3, 0.4) is 0 Å². The molecule has 192 valence electrons. The van der Waals surface area contributed by atoms with Crippen molar-refractivity contribution in [3.05, 3.63) is 29.6 Å². The topological polar surface area (TPSA) is 194 Å². The van der Waals surface area contributed by atoms with E-state index in [1.807, 2.05) is 0 Å². The van der Waals surface area contributed by atoms with Gasteiger partial charge in [0.1, 0.15) is 11.9 Å². The van der Waals surface area contributed by atoms with E-state index in [9.17, 15) is 35.6 Å². The zero-order chi connectivity index (χ0) is 26.1. The second-order valence-electron chi connectivity index (χ2n) is 7.00. The zero-order valence-corrected chi connectivity index (χ0v) is 19.9. The highest BCUT2D eigenvalue weighted by atomic mass is 32.2. The number of carboxylic acid groups (broad SMARTS) is 2. The van der Waals surface area contributed by atoms with Crippen molar-refractivity contribution in [3.8, 4) is 0 Å². The van der Waals surface area contributed by atoms with Gasteiger partial charge in [0.2, 0.25) is 0 Å². The molecule has 1 amide bonds. The van der Waals surface area contributed by atoms with Crippen molar-refractivity contribution in [1.82, 2.24) is 5.32 Å². The SMILES string of the molecule is CS(=O)(=O)OCCN(CCOS(C)(=O)=O)c1ccc(C(=O)N[C@@H](CCC(=O)O)C(=O)O)c(F)c1. The van der Waals surface area contributed by atoms with Crippen molar-refractivity contribution < 1.29 is 54.2 Å². The molecular formula is C18H25FN2O11S2. The number of carboxylic acids is 2. The van der Waals surface area contributed by atoms with Gasteiger partial charge in [-0.25, -0.2) is 9.18 Å². The molecule has 0 radical (unpaired) electrons. The first-order valence-corrected chi connectivity index (χ1v) is 13.2. The van der Waals surface area contributed by atoms with Crippen LogP contribution >= 0.6 is 0 Å². The Kier molecular flexibility index (Phi) is 10.8. The fraction of sp³-hybridized carbons (Fsp3) is 0.500. The molecule has 16 heteroatoms. The summed E-state index contributed by atoms with van der Waals surface area (Å²) in [5.41, 5.74) is -0.394.